The van der Waals surface area contributed by atoms with E-state index in [1.54, 1.807) is 22.3 Å². The lowest BCUT2D eigenvalue weighted by molar-refractivity contribution is 0.0557. The second-order valence-corrected chi connectivity index (χ2v) is 18.6. The van der Waals surface area contributed by atoms with E-state index in [9.17, 15) is 0 Å². The van der Waals surface area contributed by atoms with Gasteiger partial charge in [0.05, 0.1) is 5.69 Å². The first-order chi connectivity index (χ1) is 27.7. The lowest BCUT2D eigenvalue weighted by atomic mass is 9.50. The van der Waals surface area contributed by atoms with Gasteiger partial charge in [0.25, 0.3) is 0 Å². The molecule has 2 heteroatoms. The minimum absolute atomic E-state index is 0.0579. The molecule has 4 fully saturated rings. The van der Waals surface area contributed by atoms with Crippen molar-refractivity contribution < 1.29 is 4.42 Å². The van der Waals surface area contributed by atoms with E-state index in [1.807, 2.05) is 0 Å². The molecular weight excluding hydrogens is 679 g/mol. The highest BCUT2D eigenvalue weighted by Gasteiger charge is 2.58. The second-order valence-electron chi connectivity index (χ2n) is 18.6. The number of anilines is 3. The summed E-state index contributed by atoms with van der Waals surface area (Å²) >= 11 is 0. The van der Waals surface area contributed by atoms with E-state index < -0.39 is 0 Å². The van der Waals surface area contributed by atoms with Crippen molar-refractivity contribution in [3.63, 3.8) is 0 Å². The SMILES string of the molecule is CCC1CC2CCCC(C2)C12c1ccccc1-c1ccc(N(c3ccc4oc5ccccc5c4c3)c3cccc4c3-c3ccccc3C43CC4CCC3C4)cc12. The molecule has 4 bridgehead atoms. The number of hydrogen-bond acceptors (Lipinski definition) is 2. The molecule has 6 aliphatic carbocycles. The molecule has 13 rings (SSSR count). The Hall–Kier alpha value is -5.08. The van der Waals surface area contributed by atoms with E-state index in [2.05, 4.69) is 139 Å². The molecule has 1 heterocycles. The maximum Gasteiger partial charge on any atom is 0.135 e. The highest BCUT2D eigenvalue weighted by Crippen LogP contribution is 2.68. The molecule has 56 heavy (non-hydrogen) atoms. The number of benzene rings is 6. The molecule has 0 N–H and O–H groups in total. The summed E-state index contributed by atoms with van der Waals surface area (Å²) in [6, 6.07) is 49.5. The van der Waals surface area contributed by atoms with Crippen LogP contribution < -0.4 is 4.90 Å². The fourth-order valence-corrected chi connectivity index (χ4v) is 14.6. The molecule has 4 saturated carbocycles. The Bertz CT molecular complexity index is 2750. The van der Waals surface area contributed by atoms with E-state index >= 15 is 0 Å². The minimum Gasteiger partial charge on any atom is -0.456 e. The third kappa shape index (κ3) is 3.98. The van der Waals surface area contributed by atoms with E-state index in [0.29, 0.717) is 11.8 Å². The molecule has 276 valence electrons. The average molecular weight is 728 g/mol. The van der Waals surface area contributed by atoms with Crippen LogP contribution in [0.2, 0.25) is 0 Å². The summed E-state index contributed by atoms with van der Waals surface area (Å²) in [6.07, 6.45) is 13.5. The van der Waals surface area contributed by atoms with Crippen LogP contribution in [0.1, 0.15) is 93.4 Å². The van der Waals surface area contributed by atoms with Crippen LogP contribution >= 0.6 is 0 Å². The molecule has 7 atom stereocenters. The van der Waals surface area contributed by atoms with Crippen molar-refractivity contribution >= 4 is 39.0 Å². The van der Waals surface area contributed by atoms with Gasteiger partial charge in [-0.15, -0.1) is 0 Å². The molecule has 6 aromatic carbocycles. The number of furan rings is 1. The van der Waals surface area contributed by atoms with Gasteiger partial charge in [0.2, 0.25) is 0 Å². The van der Waals surface area contributed by atoms with Crippen molar-refractivity contribution in [2.45, 2.75) is 82.0 Å². The van der Waals surface area contributed by atoms with Crippen LogP contribution in [0.4, 0.5) is 17.1 Å². The number of rotatable bonds is 4. The lowest BCUT2D eigenvalue weighted by Gasteiger charge is -2.54. The summed E-state index contributed by atoms with van der Waals surface area (Å²) < 4.78 is 6.43. The number of nitrogens with zero attached hydrogens (tertiary/aromatic N) is 1. The van der Waals surface area contributed by atoms with E-state index in [0.717, 1.165) is 28.9 Å². The normalized spacial score (nSPS) is 28.9. The molecular formula is C54H49NO. The third-order valence-electron chi connectivity index (χ3n) is 16.5. The van der Waals surface area contributed by atoms with Crippen molar-refractivity contribution in [2.24, 2.45) is 29.6 Å². The molecule has 7 unspecified atom stereocenters. The van der Waals surface area contributed by atoms with Crippen LogP contribution in [0.3, 0.4) is 0 Å². The smallest absolute Gasteiger partial charge is 0.135 e. The molecule has 2 spiro atoms. The zero-order valence-electron chi connectivity index (χ0n) is 32.4. The number of para-hydroxylation sites is 1. The summed E-state index contributed by atoms with van der Waals surface area (Å²) in [5.41, 5.74) is 18.0. The van der Waals surface area contributed by atoms with Gasteiger partial charge in [-0.1, -0.05) is 118 Å². The minimum atomic E-state index is 0.0579. The van der Waals surface area contributed by atoms with E-state index in [4.69, 9.17) is 4.42 Å². The van der Waals surface area contributed by atoms with Crippen molar-refractivity contribution in [3.05, 3.63) is 150 Å². The lowest BCUT2D eigenvalue weighted by Crippen LogP contribution is -2.48. The fraction of sp³-hybridized carbons (Fsp3) is 0.333. The maximum absolute atomic E-state index is 6.43. The standard InChI is InChI=1S/C54H49NO/c1-2-35-27-33-11-9-12-37(28-33)54(35)46-17-7-3-13-40(46)41-25-23-39(31-48(41)54)55(38-24-26-51-44(30-38)42-14-5-8-20-50(42)56-51)49-19-10-18-47-52(49)43-15-4-6-16-45(43)53(47)32-34-21-22-36(53)29-34/h3-8,10,13-20,23-26,30-31,33-37H,2,9,11-12,21-22,27-29,32H2,1H3. The van der Waals surface area contributed by atoms with E-state index in [1.165, 1.54) is 114 Å². The monoisotopic (exact) mass is 727 g/mol. The summed E-state index contributed by atoms with van der Waals surface area (Å²) in [6.45, 7) is 2.48. The van der Waals surface area contributed by atoms with Gasteiger partial charge in [0, 0.05) is 38.5 Å². The van der Waals surface area contributed by atoms with Gasteiger partial charge in [-0.3, -0.25) is 0 Å². The van der Waals surface area contributed by atoms with Crippen molar-refractivity contribution in [1.82, 2.24) is 0 Å². The highest BCUT2D eigenvalue weighted by molar-refractivity contribution is 6.07. The van der Waals surface area contributed by atoms with E-state index in [-0.39, 0.29) is 10.8 Å². The number of fused-ring (bicyclic) bond motifs is 19. The summed E-state index contributed by atoms with van der Waals surface area (Å²) in [5.74, 6) is 3.78. The molecule has 0 aliphatic heterocycles. The predicted octanol–water partition coefficient (Wildman–Crippen LogP) is 14.6. The zero-order valence-corrected chi connectivity index (χ0v) is 32.4. The Morgan fingerprint density at radius 2 is 1.32 bits per heavy atom. The first-order valence-corrected chi connectivity index (χ1v) is 21.9. The zero-order chi connectivity index (χ0) is 36.8. The topological polar surface area (TPSA) is 16.4 Å². The van der Waals surface area contributed by atoms with Crippen LogP contribution in [0.25, 0.3) is 44.2 Å². The van der Waals surface area contributed by atoms with Gasteiger partial charge in [0.1, 0.15) is 11.2 Å². The predicted molar refractivity (Wildman–Crippen MR) is 230 cm³/mol. The van der Waals surface area contributed by atoms with Crippen molar-refractivity contribution in [3.8, 4) is 22.3 Å². The van der Waals surface area contributed by atoms with Crippen molar-refractivity contribution in [1.29, 1.82) is 0 Å². The average Bonchev–Trinajstić information content (AvgIpc) is 4.07. The summed E-state index contributed by atoms with van der Waals surface area (Å²) in [5, 5.41) is 2.36. The van der Waals surface area contributed by atoms with Crippen LogP contribution in [-0.2, 0) is 10.8 Å². The van der Waals surface area contributed by atoms with Gasteiger partial charge in [-0.2, -0.15) is 0 Å². The Balaban J connectivity index is 1.08. The third-order valence-corrected chi connectivity index (χ3v) is 16.5. The largest absolute Gasteiger partial charge is 0.456 e. The summed E-state index contributed by atoms with van der Waals surface area (Å²) in [7, 11) is 0. The Labute approximate surface area is 330 Å². The van der Waals surface area contributed by atoms with Crippen molar-refractivity contribution in [2.75, 3.05) is 4.90 Å². The Kier molecular flexibility index (Phi) is 6.58. The van der Waals surface area contributed by atoms with Gasteiger partial charge in [-0.05, 0) is 150 Å². The first kappa shape index (κ1) is 32.1. The van der Waals surface area contributed by atoms with Gasteiger partial charge < -0.3 is 9.32 Å². The Morgan fingerprint density at radius 1 is 0.571 bits per heavy atom. The number of hydrogen-bond donors (Lipinski definition) is 0. The molecule has 6 aliphatic rings. The molecule has 2 nitrogen and oxygen atoms in total. The quantitative estimate of drug-likeness (QED) is 0.179. The van der Waals surface area contributed by atoms with Gasteiger partial charge >= 0.3 is 0 Å². The van der Waals surface area contributed by atoms with Crippen LogP contribution in [0.5, 0.6) is 0 Å². The summed E-state index contributed by atoms with van der Waals surface area (Å²) in [4.78, 5) is 2.65. The molecule has 0 saturated heterocycles. The van der Waals surface area contributed by atoms with Crippen LogP contribution in [0.15, 0.2) is 132 Å². The first-order valence-electron chi connectivity index (χ1n) is 21.9. The van der Waals surface area contributed by atoms with Crippen LogP contribution in [0, 0.1) is 29.6 Å². The molecule has 7 aromatic rings. The van der Waals surface area contributed by atoms with Gasteiger partial charge in [-0.25, -0.2) is 0 Å². The van der Waals surface area contributed by atoms with Crippen LogP contribution in [-0.4, -0.2) is 0 Å². The second kappa shape index (κ2) is 11.5. The molecule has 0 radical (unpaired) electrons. The van der Waals surface area contributed by atoms with Gasteiger partial charge in [0.15, 0.2) is 0 Å². The Morgan fingerprint density at radius 3 is 2.20 bits per heavy atom. The molecule has 1 aromatic heterocycles. The fourth-order valence-electron chi connectivity index (χ4n) is 14.6. The molecule has 0 amide bonds. The highest BCUT2D eigenvalue weighted by atomic mass is 16.3. The maximum atomic E-state index is 6.43.